The number of hydrogen-bond donors (Lipinski definition) is 0. The van der Waals surface area contributed by atoms with E-state index < -0.39 is 0 Å². The van der Waals surface area contributed by atoms with Crippen LogP contribution in [0.5, 0.6) is 0 Å². The van der Waals surface area contributed by atoms with Crippen molar-refractivity contribution in [1.82, 2.24) is 0 Å². The zero-order valence-corrected chi connectivity index (χ0v) is 29.5. The molecule has 0 amide bonds. The summed E-state index contributed by atoms with van der Waals surface area (Å²) in [5.41, 5.74) is 13.8. The second-order valence-corrected chi connectivity index (χ2v) is 13.0. The highest BCUT2D eigenvalue weighted by Gasteiger charge is 2.17. The SMILES string of the molecule is C=C/C(=C\C=C\c1ccc(N(c2ccc(-c3ccccc3)cc2)c2ccc(-c3ccc4ccccc4c3)c(-c3ccccc3)c2)cc1)c1ccccc1. The molecule has 0 heterocycles. The van der Waals surface area contributed by atoms with Crippen LogP contribution >= 0.6 is 0 Å². The summed E-state index contributed by atoms with van der Waals surface area (Å²) in [6.07, 6.45) is 8.25. The van der Waals surface area contributed by atoms with E-state index in [9.17, 15) is 0 Å². The maximum atomic E-state index is 4.03. The zero-order valence-electron chi connectivity index (χ0n) is 29.5. The molecule has 0 atom stereocenters. The first-order valence-electron chi connectivity index (χ1n) is 18.0. The molecule has 1 heteroatoms. The second kappa shape index (κ2) is 15.5. The van der Waals surface area contributed by atoms with Crippen molar-refractivity contribution in [3.8, 4) is 33.4 Å². The highest BCUT2D eigenvalue weighted by Crippen LogP contribution is 2.41. The van der Waals surface area contributed by atoms with E-state index in [-0.39, 0.29) is 0 Å². The lowest BCUT2D eigenvalue weighted by atomic mass is 9.92. The first-order valence-corrected chi connectivity index (χ1v) is 18.0. The lowest BCUT2D eigenvalue weighted by Gasteiger charge is -2.27. The summed E-state index contributed by atoms with van der Waals surface area (Å²) >= 11 is 0. The van der Waals surface area contributed by atoms with Gasteiger partial charge in [0.25, 0.3) is 0 Å². The van der Waals surface area contributed by atoms with Crippen LogP contribution in [-0.4, -0.2) is 0 Å². The van der Waals surface area contributed by atoms with E-state index in [1.807, 2.05) is 12.1 Å². The van der Waals surface area contributed by atoms with E-state index in [0.717, 1.165) is 33.8 Å². The highest BCUT2D eigenvalue weighted by molar-refractivity contribution is 5.93. The molecule has 0 aliphatic rings. The van der Waals surface area contributed by atoms with Gasteiger partial charge in [-0.3, -0.25) is 0 Å². The summed E-state index contributed by atoms with van der Waals surface area (Å²) in [5, 5.41) is 2.48. The van der Waals surface area contributed by atoms with Crippen LogP contribution in [0.2, 0.25) is 0 Å². The molecule has 8 rings (SSSR count). The molecule has 53 heavy (non-hydrogen) atoms. The fraction of sp³-hybridized carbons (Fsp3) is 0. The van der Waals surface area contributed by atoms with Gasteiger partial charge in [-0.2, -0.15) is 0 Å². The van der Waals surface area contributed by atoms with E-state index in [2.05, 4.69) is 224 Å². The average Bonchev–Trinajstić information content (AvgIpc) is 3.24. The van der Waals surface area contributed by atoms with Gasteiger partial charge in [0.05, 0.1) is 0 Å². The molecule has 8 aromatic rings. The number of fused-ring (bicyclic) bond motifs is 1. The van der Waals surface area contributed by atoms with Crippen molar-refractivity contribution in [2.45, 2.75) is 0 Å². The van der Waals surface area contributed by atoms with Crippen molar-refractivity contribution in [2.24, 2.45) is 0 Å². The minimum atomic E-state index is 1.08. The predicted molar refractivity (Wildman–Crippen MR) is 229 cm³/mol. The minimum absolute atomic E-state index is 1.08. The number of rotatable bonds is 10. The molecular formula is C52H39N. The van der Waals surface area contributed by atoms with Crippen molar-refractivity contribution >= 4 is 39.5 Å². The Hall–Kier alpha value is -6.96. The molecule has 252 valence electrons. The molecule has 0 radical (unpaired) electrons. The standard InChI is InChI=1S/C52H39N/c1-2-40(41-16-6-3-7-17-41)24-14-15-39-25-31-48(32-26-39)53(49-33-29-44(30-34-49)42-18-8-4-9-19-42)50-35-36-51(52(38-50)45-21-10-5-11-22-45)47-28-27-43-20-12-13-23-46(43)37-47/h2-38H,1H2/b15-14+,40-24+. The third-order valence-electron chi connectivity index (χ3n) is 9.68. The smallest absolute Gasteiger partial charge is 0.0468 e. The van der Waals surface area contributed by atoms with Crippen molar-refractivity contribution in [1.29, 1.82) is 0 Å². The third kappa shape index (κ3) is 7.42. The Balaban J connectivity index is 1.20. The Morgan fingerprint density at radius 3 is 1.64 bits per heavy atom. The van der Waals surface area contributed by atoms with Crippen molar-refractivity contribution < 1.29 is 0 Å². The first-order chi connectivity index (χ1) is 26.2. The number of benzene rings is 8. The molecule has 0 unspecified atom stereocenters. The molecule has 1 nitrogen and oxygen atoms in total. The van der Waals surface area contributed by atoms with Crippen molar-refractivity contribution in [3.63, 3.8) is 0 Å². The summed E-state index contributed by atoms with van der Waals surface area (Å²) < 4.78 is 0. The van der Waals surface area contributed by atoms with Gasteiger partial charge < -0.3 is 4.90 Å². The van der Waals surface area contributed by atoms with Crippen LogP contribution < -0.4 is 4.90 Å². The molecule has 8 aromatic carbocycles. The number of anilines is 3. The summed E-state index contributed by atoms with van der Waals surface area (Å²) in [6.45, 7) is 4.03. The molecule has 0 saturated carbocycles. The number of hydrogen-bond acceptors (Lipinski definition) is 1. The van der Waals surface area contributed by atoms with Crippen LogP contribution in [0.1, 0.15) is 11.1 Å². The Morgan fingerprint density at radius 1 is 0.415 bits per heavy atom. The van der Waals surface area contributed by atoms with Crippen LogP contribution in [0.3, 0.4) is 0 Å². The van der Waals surface area contributed by atoms with Gasteiger partial charge in [-0.15, -0.1) is 0 Å². The average molecular weight is 678 g/mol. The normalized spacial score (nSPS) is 11.5. The Kier molecular flexibility index (Phi) is 9.72. The van der Waals surface area contributed by atoms with Crippen molar-refractivity contribution in [2.75, 3.05) is 4.90 Å². The van der Waals surface area contributed by atoms with E-state index in [1.165, 1.54) is 44.2 Å². The van der Waals surface area contributed by atoms with Crippen LogP contribution in [0.25, 0.3) is 55.8 Å². The third-order valence-corrected chi connectivity index (χ3v) is 9.68. The van der Waals surface area contributed by atoms with Gasteiger partial charge in [0.1, 0.15) is 0 Å². The van der Waals surface area contributed by atoms with Gasteiger partial charge in [0.2, 0.25) is 0 Å². The monoisotopic (exact) mass is 677 g/mol. The number of nitrogens with zero attached hydrogens (tertiary/aromatic N) is 1. The first kappa shape index (κ1) is 33.2. The Morgan fingerprint density at radius 2 is 0.962 bits per heavy atom. The zero-order chi connectivity index (χ0) is 35.8. The quantitative estimate of drug-likeness (QED) is 0.130. The van der Waals surface area contributed by atoms with E-state index in [0.29, 0.717) is 0 Å². The minimum Gasteiger partial charge on any atom is -0.310 e. The van der Waals surface area contributed by atoms with E-state index in [1.54, 1.807) is 0 Å². The van der Waals surface area contributed by atoms with Crippen LogP contribution in [0, 0.1) is 0 Å². The van der Waals surface area contributed by atoms with Gasteiger partial charge in [-0.25, -0.2) is 0 Å². The molecule has 0 N–H and O–H groups in total. The van der Waals surface area contributed by atoms with Gasteiger partial charge in [0.15, 0.2) is 0 Å². The Labute approximate surface area is 312 Å². The van der Waals surface area contributed by atoms with Gasteiger partial charge in [-0.1, -0.05) is 189 Å². The summed E-state index contributed by atoms with van der Waals surface area (Å²) in [5.74, 6) is 0. The molecule has 0 spiro atoms. The summed E-state index contributed by atoms with van der Waals surface area (Å²) in [4.78, 5) is 2.35. The largest absolute Gasteiger partial charge is 0.310 e. The van der Waals surface area contributed by atoms with Gasteiger partial charge in [0, 0.05) is 17.1 Å². The van der Waals surface area contributed by atoms with E-state index in [4.69, 9.17) is 0 Å². The van der Waals surface area contributed by atoms with Crippen molar-refractivity contribution in [3.05, 3.63) is 236 Å². The number of allylic oxidation sites excluding steroid dienone is 4. The highest BCUT2D eigenvalue weighted by atomic mass is 15.1. The van der Waals surface area contributed by atoms with Crippen LogP contribution in [0.15, 0.2) is 225 Å². The molecule has 0 bridgehead atoms. The molecule has 0 saturated heterocycles. The van der Waals surface area contributed by atoms with Crippen LogP contribution in [-0.2, 0) is 0 Å². The summed E-state index contributed by atoms with van der Waals surface area (Å²) in [6, 6.07) is 71.5. The second-order valence-electron chi connectivity index (χ2n) is 13.0. The predicted octanol–water partition coefficient (Wildman–Crippen LogP) is 14.6. The summed E-state index contributed by atoms with van der Waals surface area (Å²) in [7, 11) is 0. The fourth-order valence-electron chi connectivity index (χ4n) is 6.93. The molecule has 0 aliphatic heterocycles. The fourth-order valence-corrected chi connectivity index (χ4v) is 6.93. The van der Waals surface area contributed by atoms with Gasteiger partial charge in [-0.05, 0) is 103 Å². The van der Waals surface area contributed by atoms with Gasteiger partial charge >= 0.3 is 0 Å². The lowest BCUT2D eigenvalue weighted by Crippen LogP contribution is -2.10. The lowest BCUT2D eigenvalue weighted by molar-refractivity contribution is 1.28. The molecule has 0 fully saturated rings. The maximum Gasteiger partial charge on any atom is 0.0468 e. The topological polar surface area (TPSA) is 3.24 Å². The molecular weight excluding hydrogens is 639 g/mol. The maximum absolute atomic E-state index is 4.03. The van der Waals surface area contributed by atoms with E-state index >= 15 is 0 Å². The Bertz CT molecular complexity index is 2530. The molecule has 0 aliphatic carbocycles. The van der Waals surface area contributed by atoms with Crippen LogP contribution in [0.4, 0.5) is 17.1 Å². The molecule has 0 aromatic heterocycles.